The Hall–Kier alpha value is 0.190. The number of fused-ring (bicyclic) bond motifs is 2. The number of hydrogen-bond donors (Lipinski definition) is 1. The fraction of sp³-hybridized carbons (Fsp3) is 0.571. The Labute approximate surface area is 143 Å². The molecule has 2 aliphatic rings. The van der Waals surface area contributed by atoms with Crippen LogP contribution in [-0.4, -0.2) is 15.0 Å². The van der Waals surface area contributed by atoms with E-state index in [0.717, 1.165) is 12.3 Å². The average molecular weight is 413 g/mol. The van der Waals surface area contributed by atoms with Gasteiger partial charge in [-0.15, -0.1) is 0 Å². The highest BCUT2D eigenvalue weighted by Gasteiger charge is 2.39. The van der Waals surface area contributed by atoms with Gasteiger partial charge in [0.2, 0.25) is 10.0 Å². The highest BCUT2D eigenvalue weighted by atomic mass is 79.9. The number of halogens is 3. The molecule has 1 aromatic carbocycles. The Morgan fingerprint density at radius 1 is 1.19 bits per heavy atom. The van der Waals surface area contributed by atoms with E-state index in [-0.39, 0.29) is 14.9 Å². The molecule has 0 aromatic heterocycles. The van der Waals surface area contributed by atoms with E-state index in [1.165, 1.54) is 19.3 Å². The van der Waals surface area contributed by atoms with Gasteiger partial charge in [0.15, 0.2) is 0 Å². The van der Waals surface area contributed by atoms with E-state index < -0.39 is 10.0 Å². The molecule has 3 rings (SSSR count). The summed E-state index contributed by atoms with van der Waals surface area (Å²) in [6.45, 7) is 0.478. The normalized spacial score (nSPS) is 28.2. The fourth-order valence-corrected chi connectivity index (χ4v) is 6.73. The van der Waals surface area contributed by atoms with Crippen LogP contribution < -0.4 is 4.72 Å². The van der Waals surface area contributed by atoms with Crippen molar-refractivity contribution < 1.29 is 8.42 Å². The van der Waals surface area contributed by atoms with E-state index in [9.17, 15) is 8.42 Å². The third-order valence-corrected chi connectivity index (χ3v) is 7.45. The van der Waals surface area contributed by atoms with Crippen LogP contribution in [0.3, 0.4) is 0 Å². The number of hydrogen-bond acceptors (Lipinski definition) is 2. The Kier molecular flexibility index (Phi) is 4.59. The van der Waals surface area contributed by atoms with Gasteiger partial charge < -0.3 is 0 Å². The topological polar surface area (TPSA) is 46.2 Å². The summed E-state index contributed by atoms with van der Waals surface area (Å²) in [5, 5.41) is 0.268. The molecule has 21 heavy (non-hydrogen) atoms. The van der Waals surface area contributed by atoms with Gasteiger partial charge in [-0.1, -0.05) is 45.6 Å². The molecule has 0 heterocycles. The first-order valence-electron chi connectivity index (χ1n) is 7.01. The van der Waals surface area contributed by atoms with Crippen LogP contribution in [0.2, 0.25) is 10.0 Å². The lowest BCUT2D eigenvalue weighted by molar-refractivity contribution is 0.333. The Morgan fingerprint density at radius 3 is 2.38 bits per heavy atom. The molecule has 2 bridgehead atoms. The first kappa shape index (κ1) is 16.1. The second kappa shape index (κ2) is 6.00. The predicted molar refractivity (Wildman–Crippen MR) is 88.3 cm³/mol. The molecule has 0 spiro atoms. The van der Waals surface area contributed by atoms with Gasteiger partial charge >= 0.3 is 0 Å². The van der Waals surface area contributed by atoms with Crippen molar-refractivity contribution in [2.45, 2.75) is 30.6 Å². The second-order valence-electron chi connectivity index (χ2n) is 5.99. The second-order valence-corrected chi connectivity index (χ2v) is 9.42. The number of benzene rings is 1. The zero-order valence-electron chi connectivity index (χ0n) is 11.3. The van der Waals surface area contributed by atoms with Gasteiger partial charge in [0, 0.05) is 11.0 Å². The molecule has 3 unspecified atom stereocenters. The van der Waals surface area contributed by atoms with Crippen LogP contribution in [0.1, 0.15) is 25.7 Å². The van der Waals surface area contributed by atoms with Gasteiger partial charge in [0.05, 0.1) is 10.0 Å². The third kappa shape index (κ3) is 3.27. The van der Waals surface area contributed by atoms with E-state index >= 15 is 0 Å². The predicted octanol–water partition coefficient (Wildman–Crippen LogP) is 4.47. The van der Waals surface area contributed by atoms with Crippen LogP contribution in [0.5, 0.6) is 0 Å². The zero-order valence-corrected chi connectivity index (χ0v) is 15.2. The van der Waals surface area contributed by atoms with Crippen LogP contribution in [-0.2, 0) is 10.0 Å². The van der Waals surface area contributed by atoms with Crippen molar-refractivity contribution in [2.24, 2.45) is 17.8 Å². The number of sulfonamides is 1. The maximum Gasteiger partial charge on any atom is 0.243 e. The molecule has 0 amide bonds. The Balaban J connectivity index is 1.75. The molecular formula is C14H16BrCl2NO2S. The molecule has 3 nitrogen and oxygen atoms in total. The van der Waals surface area contributed by atoms with Gasteiger partial charge in [-0.05, 0) is 49.1 Å². The van der Waals surface area contributed by atoms with Crippen molar-refractivity contribution in [3.63, 3.8) is 0 Å². The Morgan fingerprint density at radius 2 is 1.86 bits per heavy atom. The average Bonchev–Trinajstić information content (AvgIpc) is 2.96. The molecule has 1 N–H and O–H groups in total. The SMILES string of the molecule is O=S(=O)(NCC1CC2CCC1C2)c1c(Cl)cc(Br)cc1Cl. The van der Waals surface area contributed by atoms with E-state index in [2.05, 4.69) is 20.7 Å². The van der Waals surface area contributed by atoms with Gasteiger partial charge in [-0.25, -0.2) is 13.1 Å². The van der Waals surface area contributed by atoms with Crippen molar-refractivity contribution >= 4 is 49.2 Å². The molecule has 0 radical (unpaired) electrons. The molecule has 2 aliphatic carbocycles. The van der Waals surface area contributed by atoms with Crippen LogP contribution in [0, 0.1) is 17.8 Å². The largest absolute Gasteiger partial charge is 0.243 e. The summed E-state index contributed by atoms with van der Waals surface area (Å²) in [5.74, 6) is 1.92. The number of nitrogens with one attached hydrogen (secondary N) is 1. The lowest BCUT2D eigenvalue weighted by Gasteiger charge is -2.22. The van der Waals surface area contributed by atoms with Crippen LogP contribution >= 0.6 is 39.1 Å². The molecule has 3 atom stereocenters. The fourth-order valence-electron chi connectivity index (χ4n) is 3.70. The minimum atomic E-state index is -3.68. The summed E-state index contributed by atoms with van der Waals surface area (Å²) in [5.41, 5.74) is 0. The zero-order chi connectivity index (χ0) is 15.2. The van der Waals surface area contributed by atoms with E-state index in [1.54, 1.807) is 12.1 Å². The smallest absolute Gasteiger partial charge is 0.211 e. The summed E-state index contributed by atoms with van der Waals surface area (Å²) in [7, 11) is -3.68. The summed E-state index contributed by atoms with van der Waals surface area (Å²) in [4.78, 5) is -0.0304. The van der Waals surface area contributed by atoms with Crippen molar-refractivity contribution in [3.05, 3.63) is 26.7 Å². The van der Waals surface area contributed by atoms with Gasteiger partial charge in [-0.3, -0.25) is 0 Å². The molecule has 0 aliphatic heterocycles. The molecule has 1 aromatic rings. The highest BCUT2D eigenvalue weighted by molar-refractivity contribution is 9.10. The van der Waals surface area contributed by atoms with Gasteiger partial charge in [0.1, 0.15) is 4.90 Å². The summed E-state index contributed by atoms with van der Waals surface area (Å²) in [6.07, 6.45) is 4.93. The first-order chi connectivity index (χ1) is 9.87. The van der Waals surface area contributed by atoms with E-state index in [1.807, 2.05) is 0 Å². The van der Waals surface area contributed by atoms with Crippen molar-refractivity contribution in [2.75, 3.05) is 6.54 Å². The minimum Gasteiger partial charge on any atom is -0.211 e. The lowest BCUT2D eigenvalue weighted by Crippen LogP contribution is -2.32. The highest BCUT2D eigenvalue weighted by Crippen LogP contribution is 2.48. The quantitative estimate of drug-likeness (QED) is 0.792. The molecule has 0 saturated heterocycles. The molecule has 116 valence electrons. The van der Waals surface area contributed by atoms with Crippen molar-refractivity contribution in [1.82, 2.24) is 4.72 Å². The molecular weight excluding hydrogens is 397 g/mol. The molecule has 2 saturated carbocycles. The third-order valence-electron chi connectivity index (χ3n) is 4.65. The molecule has 2 fully saturated rings. The van der Waals surface area contributed by atoms with Crippen molar-refractivity contribution in [1.29, 1.82) is 0 Å². The summed E-state index contributed by atoms with van der Waals surface area (Å²) < 4.78 is 28.3. The summed E-state index contributed by atoms with van der Waals surface area (Å²) >= 11 is 15.3. The molecule has 7 heteroatoms. The monoisotopic (exact) mass is 411 g/mol. The van der Waals surface area contributed by atoms with E-state index in [0.29, 0.717) is 22.9 Å². The van der Waals surface area contributed by atoms with Crippen LogP contribution in [0.15, 0.2) is 21.5 Å². The minimum absolute atomic E-state index is 0.0304. The lowest BCUT2D eigenvalue weighted by atomic mass is 9.89. The standard InChI is InChI=1S/C14H16BrCl2NO2S/c15-11-5-12(16)14(13(17)6-11)21(19,20)18-7-10-4-8-1-2-9(10)3-8/h5-6,8-10,18H,1-4,7H2. The maximum absolute atomic E-state index is 12.5. The van der Waals surface area contributed by atoms with Crippen LogP contribution in [0.25, 0.3) is 0 Å². The van der Waals surface area contributed by atoms with Gasteiger partial charge in [0.25, 0.3) is 0 Å². The maximum atomic E-state index is 12.5. The number of rotatable bonds is 4. The van der Waals surface area contributed by atoms with Crippen molar-refractivity contribution in [3.8, 4) is 0 Å². The van der Waals surface area contributed by atoms with E-state index in [4.69, 9.17) is 23.2 Å². The van der Waals surface area contributed by atoms with Crippen LogP contribution in [0.4, 0.5) is 0 Å². The Bertz CT molecular complexity index is 642. The summed E-state index contributed by atoms with van der Waals surface area (Å²) in [6, 6.07) is 3.08. The van der Waals surface area contributed by atoms with Gasteiger partial charge in [-0.2, -0.15) is 0 Å². The first-order valence-corrected chi connectivity index (χ1v) is 10.0.